The second kappa shape index (κ2) is 10.5. The van der Waals surface area contributed by atoms with Crippen LogP contribution in [0, 0.1) is 0 Å². The number of methoxy groups -OCH3 is 1. The third kappa shape index (κ3) is 5.25. The summed E-state index contributed by atoms with van der Waals surface area (Å²) in [5.74, 6) is 1.96. The van der Waals surface area contributed by atoms with E-state index in [1.54, 1.807) is 18.9 Å². The highest BCUT2D eigenvalue weighted by Crippen LogP contribution is 2.37. The van der Waals surface area contributed by atoms with Gasteiger partial charge in [0.2, 0.25) is 5.91 Å². The van der Waals surface area contributed by atoms with Crippen molar-refractivity contribution in [1.82, 2.24) is 19.7 Å². The number of thioether (sulfide) groups is 1. The van der Waals surface area contributed by atoms with Crippen LogP contribution in [0.3, 0.4) is 0 Å². The smallest absolute Gasteiger partial charge is 0.235 e. The zero-order chi connectivity index (χ0) is 21.6. The topological polar surface area (TPSA) is 60.3 Å². The molecule has 2 aliphatic rings. The summed E-state index contributed by atoms with van der Waals surface area (Å²) < 4.78 is 7.62. The third-order valence-electron chi connectivity index (χ3n) is 6.50. The van der Waals surface area contributed by atoms with E-state index < -0.39 is 0 Å². The minimum absolute atomic E-state index is 0.159. The van der Waals surface area contributed by atoms with Crippen molar-refractivity contribution in [2.45, 2.75) is 81.2 Å². The zero-order valence-electron chi connectivity index (χ0n) is 18.8. The maximum absolute atomic E-state index is 13.1. The Morgan fingerprint density at radius 2 is 1.65 bits per heavy atom. The second-order valence-electron chi connectivity index (χ2n) is 8.70. The Morgan fingerprint density at radius 3 is 2.29 bits per heavy atom. The standard InChI is InChI=1S/C24H34N4O2S/c1-18(23(29)27-16-8-3-4-9-17-27)31-24-26-25-22(19-12-14-21(30-2)15-13-19)28(24)20-10-6-5-7-11-20/h12-15,18,20H,3-11,16-17H2,1-2H3. The first-order valence-corrected chi connectivity index (χ1v) is 12.6. The minimum atomic E-state index is -0.159. The zero-order valence-corrected chi connectivity index (χ0v) is 19.6. The predicted molar refractivity (Wildman–Crippen MR) is 124 cm³/mol. The molecule has 0 spiro atoms. The van der Waals surface area contributed by atoms with Crippen LogP contribution in [0.25, 0.3) is 11.4 Å². The molecule has 0 bridgehead atoms. The lowest BCUT2D eigenvalue weighted by atomic mass is 9.95. The summed E-state index contributed by atoms with van der Waals surface area (Å²) in [7, 11) is 1.68. The van der Waals surface area contributed by atoms with Crippen molar-refractivity contribution >= 4 is 17.7 Å². The summed E-state index contributed by atoms with van der Waals surface area (Å²) in [6.45, 7) is 3.79. The summed E-state index contributed by atoms with van der Waals surface area (Å²) in [5.41, 5.74) is 1.04. The van der Waals surface area contributed by atoms with Gasteiger partial charge in [0.15, 0.2) is 11.0 Å². The Hall–Kier alpha value is -2.02. The minimum Gasteiger partial charge on any atom is -0.497 e. The maximum atomic E-state index is 13.1. The van der Waals surface area contributed by atoms with Gasteiger partial charge in [0.25, 0.3) is 0 Å². The Morgan fingerprint density at radius 1 is 1.00 bits per heavy atom. The molecule has 1 aromatic heterocycles. The van der Waals surface area contributed by atoms with E-state index in [-0.39, 0.29) is 11.2 Å². The van der Waals surface area contributed by atoms with E-state index in [0.29, 0.717) is 6.04 Å². The summed E-state index contributed by atoms with van der Waals surface area (Å²) in [4.78, 5) is 15.2. The number of ether oxygens (including phenoxy) is 1. The molecule has 2 heterocycles. The van der Waals surface area contributed by atoms with Gasteiger partial charge in [0.05, 0.1) is 12.4 Å². The van der Waals surface area contributed by atoms with Crippen LogP contribution >= 0.6 is 11.8 Å². The van der Waals surface area contributed by atoms with Gasteiger partial charge in [-0.2, -0.15) is 0 Å². The quantitative estimate of drug-likeness (QED) is 0.565. The number of likely N-dealkylation sites (tertiary alicyclic amines) is 1. The van der Waals surface area contributed by atoms with Crippen LogP contribution in [0.15, 0.2) is 29.4 Å². The van der Waals surface area contributed by atoms with Crippen LogP contribution in [-0.4, -0.2) is 51.0 Å². The van der Waals surface area contributed by atoms with Crippen LogP contribution < -0.4 is 4.74 Å². The highest BCUT2D eigenvalue weighted by atomic mass is 32.2. The number of benzene rings is 1. The molecule has 168 valence electrons. The van der Waals surface area contributed by atoms with Crippen LogP contribution in [0.1, 0.15) is 70.8 Å². The molecule has 0 radical (unpaired) electrons. The first kappa shape index (κ1) is 22.2. The van der Waals surface area contributed by atoms with E-state index in [2.05, 4.69) is 19.7 Å². The van der Waals surface area contributed by atoms with Gasteiger partial charge in [-0.3, -0.25) is 9.36 Å². The average molecular weight is 443 g/mol. The van der Waals surface area contributed by atoms with Crippen LogP contribution in [0.2, 0.25) is 0 Å². The third-order valence-corrected chi connectivity index (χ3v) is 7.54. The van der Waals surface area contributed by atoms with E-state index in [1.165, 1.54) is 32.1 Å². The van der Waals surface area contributed by atoms with Gasteiger partial charge in [0, 0.05) is 24.7 Å². The molecule has 1 saturated heterocycles. The van der Waals surface area contributed by atoms with E-state index in [0.717, 1.165) is 61.1 Å². The Labute approximate surface area is 189 Å². The molecule has 1 aromatic carbocycles. The fraction of sp³-hybridized carbons (Fsp3) is 0.625. The number of hydrogen-bond donors (Lipinski definition) is 0. The molecular weight excluding hydrogens is 408 g/mol. The fourth-order valence-corrected chi connectivity index (χ4v) is 5.72. The number of carbonyl (C=O) groups excluding carboxylic acids is 1. The number of rotatable bonds is 6. The molecule has 1 unspecified atom stereocenters. The lowest BCUT2D eigenvalue weighted by Crippen LogP contribution is -2.37. The first-order valence-electron chi connectivity index (χ1n) is 11.7. The number of carbonyl (C=O) groups is 1. The molecule has 7 heteroatoms. The molecular formula is C24H34N4O2S. The van der Waals surface area contributed by atoms with Gasteiger partial charge in [-0.25, -0.2) is 0 Å². The molecule has 0 N–H and O–H groups in total. The van der Waals surface area contributed by atoms with Crippen molar-refractivity contribution < 1.29 is 9.53 Å². The van der Waals surface area contributed by atoms with Crippen molar-refractivity contribution in [1.29, 1.82) is 0 Å². The molecule has 1 aliphatic heterocycles. The van der Waals surface area contributed by atoms with E-state index in [1.807, 2.05) is 31.2 Å². The normalized spacial score (nSPS) is 19.1. The number of hydrogen-bond acceptors (Lipinski definition) is 5. The van der Waals surface area contributed by atoms with Crippen LogP contribution in [0.4, 0.5) is 0 Å². The Bertz CT molecular complexity index is 853. The lowest BCUT2D eigenvalue weighted by Gasteiger charge is -2.27. The maximum Gasteiger partial charge on any atom is 0.235 e. The molecule has 2 fully saturated rings. The summed E-state index contributed by atoms with van der Waals surface area (Å²) >= 11 is 1.57. The molecule has 2 aromatic rings. The molecule has 1 saturated carbocycles. The summed E-state index contributed by atoms with van der Waals surface area (Å²) in [6.07, 6.45) is 10.7. The second-order valence-corrected chi connectivity index (χ2v) is 10.0. The van der Waals surface area contributed by atoms with Crippen LogP contribution in [-0.2, 0) is 4.79 Å². The lowest BCUT2D eigenvalue weighted by molar-refractivity contribution is -0.130. The Balaban J connectivity index is 1.58. The molecule has 1 atom stereocenters. The largest absolute Gasteiger partial charge is 0.497 e. The van der Waals surface area contributed by atoms with Gasteiger partial charge >= 0.3 is 0 Å². The van der Waals surface area contributed by atoms with Crippen LogP contribution in [0.5, 0.6) is 5.75 Å². The van der Waals surface area contributed by atoms with Gasteiger partial charge in [-0.15, -0.1) is 10.2 Å². The Kier molecular flexibility index (Phi) is 7.54. The number of amides is 1. The first-order chi connectivity index (χ1) is 15.2. The van der Waals surface area contributed by atoms with Crippen molar-refractivity contribution in [2.75, 3.05) is 20.2 Å². The SMILES string of the molecule is COc1ccc(-c2nnc(SC(C)C(=O)N3CCCCCC3)n2C2CCCCC2)cc1. The monoisotopic (exact) mass is 442 g/mol. The molecule has 1 amide bonds. The van der Waals surface area contributed by atoms with Gasteiger partial charge in [0.1, 0.15) is 5.75 Å². The summed E-state index contributed by atoms with van der Waals surface area (Å²) in [6, 6.07) is 8.41. The highest BCUT2D eigenvalue weighted by molar-refractivity contribution is 8.00. The number of aromatic nitrogens is 3. The summed E-state index contributed by atoms with van der Waals surface area (Å²) in [5, 5.41) is 9.86. The van der Waals surface area contributed by atoms with Crippen molar-refractivity contribution in [3.05, 3.63) is 24.3 Å². The average Bonchev–Trinajstić information content (AvgIpc) is 3.03. The number of nitrogens with zero attached hydrogens (tertiary/aromatic N) is 4. The van der Waals surface area contributed by atoms with E-state index >= 15 is 0 Å². The highest BCUT2D eigenvalue weighted by Gasteiger charge is 2.28. The van der Waals surface area contributed by atoms with Gasteiger partial charge in [-0.1, -0.05) is 43.9 Å². The molecule has 4 rings (SSSR count). The molecule has 1 aliphatic carbocycles. The van der Waals surface area contributed by atoms with Crippen molar-refractivity contribution in [3.8, 4) is 17.1 Å². The van der Waals surface area contributed by atoms with E-state index in [9.17, 15) is 4.79 Å². The van der Waals surface area contributed by atoms with Crippen molar-refractivity contribution in [3.63, 3.8) is 0 Å². The van der Waals surface area contributed by atoms with Gasteiger partial charge in [-0.05, 0) is 56.9 Å². The fourth-order valence-electron chi connectivity index (χ4n) is 4.72. The molecule has 6 nitrogen and oxygen atoms in total. The van der Waals surface area contributed by atoms with E-state index in [4.69, 9.17) is 4.74 Å². The van der Waals surface area contributed by atoms with Crippen molar-refractivity contribution in [2.24, 2.45) is 0 Å². The molecule has 31 heavy (non-hydrogen) atoms. The van der Waals surface area contributed by atoms with Gasteiger partial charge < -0.3 is 9.64 Å². The predicted octanol–water partition coefficient (Wildman–Crippen LogP) is 5.34.